The van der Waals surface area contributed by atoms with Gasteiger partial charge in [-0.2, -0.15) is 11.8 Å². The standard InChI is InChI=1S/C15H25N3S/c1-11(2)16-10-14-6-5-7-15(17-14)18-8-9-19-13(4)12(18)3/h5-7,11-13,16H,8-10H2,1-4H3. The highest BCUT2D eigenvalue weighted by atomic mass is 32.2. The van der Waals surface area contributed by atoms with Gasteiger partial charge in [0.2, 0.25) is 0 Å². The maximum Gasteiger partial charge on any atom is 0.129 e. The molecule has 1 aromatic heterocycles. The minimum atomic E-state index is 0.496. The Labute approximate surface area is 121 Å². The van der Waals surface area contributed by atoms with Gasteiger partial charge in [0.15, 0.2) is 0 Å². The molecule has 1 fully saturated rings. The normalized spacial score (nSPS) is 23.9. The molecule has 1 saturated heterocycles. The van der Waals surface area contributed by atoms with Crippen molar-refractivity contribution < 1.29 is 0 Å². The monoisotopic (exact) mass is 279 g/mol. The van der Waals surface area contributed by atoms with Crippen molar-refractivity contribution in [2.75, 3.05) is 17.2 Å². The van der Waals surface area contributed by atoms with Crippen LogP contribution in [0.25, 0.3) is 0 Å². The Bertz CT molecular complexity index is 408. The van der Waals surface area contributed by atoms with Gasteiger partial charge < -0.3 is 10.2 Å². The van der Waals surface area contributed by atoms with Crippen molar-refractivity contribution in [3.63, 3.8) is 0 Å². The second-order valence-corrected chi connectivity index (χ2v) is 7.02. The van der Waals surface area contributed by atoms with Gasteiger partial charge in [0.25, 0.3) is 0 Å². The summed E-state index contributed by atoms with van der Waals surface area (Å²) in [6.45, 7) is 10.9. The zero-order chi connectivity index (χ0) is 13.8. The Balaban J connectivity index is 2.09. The van der Waals surface area contributed by atoms with E-state index >= 15 is 0 Å². The van der Waals surface area contributed by atoms with E-state index in [1.807, 2.05) is 0 Å². The molecule has 2 rings (SSSR count). The van der Waals surface area contributed by atoms with Crippen LogP contribution in [0.4, 0.5) is 5.82 Å². The zero-order valence-corrected chi connectivity index (χ0v) is 13.2. The van der Waals surface area contributed by atoms with Gasteiger partial charge in [0, 0.05) is 36.2 Å². The summed E-state index contributed by atoms with van der Waals surface area (Å²) in [5.41, 5.74) is 1.13. The van der Waals surface area contributed by atoms with Crippen molar-refractivity contribution in [1.29, 1.82) is 0 Å². The van der Waals surface area contributed by atoms with Crippen molar-refractivity contribution in [2.24, 2.45) is 0 Å². The predicted molar refractivity (Wildman–Crippen MR) is 84.9 cm³/mol. The average Bonchev–Trinajstić information content (AvgIpc) is 2.40. The van der Waals surface area contributed by atoms with Gasteiger partial charge in [-0.05, 0) is 19.1 Å². The van der Waals surface area contributed by atoms with Gasteiger partial charge in [-0.1, -0.05) is 26.8 Å². The summed E-state index contributed by atoms with van der Waals surface area (Å²) in [6.07, 6.45) is 0. The first-order chi connectivity index (χ1) is 9.08. The number of hydrogen-bond donors (Lipinski definition) is 1. The second-order valence-electron chi connectivity index (χ2n) is 5.53. The molecular formula is C15H25N3S. The first-order valence-corrected chi connectivity index (χ1v) is 8.20. The van der Waals surface area contributed by atoms with E-state index in [-0.39, 0.29) is 0 Å². The van der Waals surface area contributed by atoms with Crippen LogP contribution in [0.5, 0.6) is 0 Å². The molecule has 2 atom stereocenters. The third-order valence-corrected chi connectivity index (χ3v) is 5.00. The highest BCUT2D eigenvalue weighted by Crippen LogP contribution is 2.27. The molecule has 3 nitrogen and oxygen atoms in total. The first-order valence-electron chi connectivity index (χ1n) is 7.15. The van der Waals surface area contributed by atoms with Gasteiger partial charge in [-0.15, -0.1) is 0 Å². The molecule has 0 saturated carbocycles. The lowest BCUT2D eigenvalue weighted by Crippen LogP contribution is -2.45. The van der Waals surface area contributed by atoms with E-state index in [1.165, 1.54) is 5.75 Å². The molecule has 0 aliphatic carbocycles. The number of rotatable bonds is 4. The predicted octanol–water partition coefficient (Wildman–Crippen LogP) is 2.91. The van der Waals surface area contributed by atoms with Crippen LogP contribution in [0.3, 0.4) is 0 Å². The van der Waals surface area contributed by atoms with Crippen LogP contribution in [-0.4, -0.2) is 34.6 Å². The number of aromatic nitrogens is 1. The Kier molecular flexibility index (Phi) is 5.11. The summed E-state index contributed by atoms with van der Waals surface area (Å²) >= 11 is 2.06. The molecule has 0 spiro atoms. The van der Waals surface area contributed by atoms with Crippen LogP contribution in [-0.2, 0) is 6.54 Å². The van der Waals surface area contributed by atoms with Gasteiger partial charge in [0.05, 0.1) is 5.69 Å². The van der Waals surface area contributed by atoms with Crippen molar-refractivity contribution in [2.45, 2.75) is 51.6 Å². The van der Waals surface area contributed by atoms with Crippen molar-refractivity contribution >= 4 is 17.6 Å². The molecule has 0 amide bonds. The van der Waals surface area contributed by atoms with Crippen LogP contribution < -0.4 is 10.2 Å². The third-order valence-electron chi connectivity index (χ3n) is 3.66. The maximum absolute atomic E-state index is 4.81. The largest absolute Gasteiger partial charge is 0.352 e. The van der Waals surface area contributed by atoms with Crippen molar-refractivity contribution in [1.82, 2.24) is 10.3 Å². The molecular weight excluding hydrogens is 254 g/mol. The first kappa shape index (κ1) is 14.7. The Morgan fingerprint density at radius 2 is 2.21 bits per heavy atom. The number of hydrogen-bond acceptors (Lipinski definition) is 4. The van der Waals surface area contributed by atoms with Gasteiger partial charge in [0.1, 0.15) is 5.82 Å². The van der Waals surface area contributed by atoms with E-state index in [4.69, 9.17) is 4.98 Å². The number of thioether (sulfide) groups is 1. The molecule has 0 aromatic carbocycles. The molecule has 2 heterocycles. The smallest absolute Gasteiger partial charge is 0.129 e. The fourth-order valence-corrected chi connectivity index (χ4v) is 3.39. The minimum absolute atomic E-state index is 0.496. The average molecular weight is 279 g/mol. The van der Waals surface area contributed by atoms with Crippen molar-refractivity contribution in [3.05, 3.63) is 23.9 Å². The quantitative estimate of drug-likeness (QED) is 0.917. The molecule has 0 bridgehead atoms. The van der Waals surface area contributed by atoms with Crippen LogP contribution in [0.2, 0.25) is 0 Å². The number of anilines is 1. The number of pyridine rings is 1. The Morgan fingerprint density at radius 1 is 1.42 bits per heavy atom. The molecule has 0 radical (unpaired) electrons. The van der Waals surface area contributed by atoms with Crippen LogP contribution in [0.15, 0.2) is 18.2 Å². The molecule has 1 N–H and O–H groups in total. The van der Waals surface area contributed by atoms with E-state index in [1.54, 1.807) is 0 Å². The molecule has 19 heavy (non-hydrogen) atoms. The lowest BCUT2D eigenvalue weighted by molar-refractivity contribution is 0.578. The summed E-state index contributed by atoms with van der Waals surface area (Å²) in [5.74, 6) is 2.32. The number of nitrogens with one attached hydrogen (secondary N) is 1. The molecule has 1 aliphatic heterocycles. The molecule has 2 unspecified atom stereocenters. The van der Waals surface area contributed by atoms with E-state index in [9.17, 15) is 0 Å². The fraction of sp³-hybridized carbons (Fsp3) is 0.667. The lowest BCUT2D eigenvalue weighted by atomic mass is 10.2. The lowest BCUT2D eigenvalue weighted by Gasteiger charge is -2.38. The molecule has 4 heteroatoms. The second kappa shape index (κ2) is 6.62. The van der Waals surface area contributed by atoms with Gasteiger partial charge in [-0.25, -0.2) is 4.98 Å². The summed E-state index contributed by atoms with van der Waals surface area (Å²) < 4.78 is 0. The topological polar surface area (TPSA) is 28.2 Å². The number of nitrogens with zero attached hydrogens (tertiary/aromatic N) is 2. The summed E-state index contributed by atoms with van der Waals surface area (Å²) in [4.78, 5) is 7.25. The van der Waals surface area contributed by atoms with E-state index < -0.39 is 0 Å². The van der Waals surface area contributed by atoms with Crippen molar-refractivity contribution in [3.8, 4) is 0 Å². The SMILES string of the molecule is CC(C)NCc1cccc(N2CCSC(C)C2C)n1. The van der Waals surface area contributed by atoms with Gasteiger partial charge in [-0.3, -0.25) is 0 Å². The Morgan fingerprint density at radius 3 is 2.95 bits per heavy atom. The Hall–Kier alpha value is -0.740. The van der Waals surface area contributed by atoms with Crippen LogP contribution in [0.1, 0.15) is 33.4 Å². The van der Waals surface area contributed by atoms with E-state index in [0.29, 0.717) is 17.3 Å². The highest BCUT2D eigenvalue weighted by Gasteiger charge is 2.26. The summed E-state index contributed by atoms with van der Waals surface area (Å²) in [5, 5.41) is 4.10. The van der Waals surface area contributed by atoms with Crippen LogP contribution >= 0.6 is 11.8 Å². The summed E-state index contributed by atoms with van der Waals surface area (Å²) in [7, 11) is 0. The summed E-state index contributed by atoms with van der Waals surface area (Å²) in [6, 6.07) is 7.41. The van der Waals surface area contributed by atoms with Gasteiger partial charge >= 0.3 is 0 Å². The highest BCUT2D eigenvalue weighted by molar-refractivity contribution is 8.00. The zero-order valence-electron chi connectivity index (χ0n) is 12.4. The molecule has 1 aliphatic rings. The van der Waals surface area contributed by atoms with E-state index in [2.05, 4.69) is 67.9 Å². The maximum atomic E-state index is 4.81. The van der Waals surface area contributed by atoms with Crippen LogP contribution in [0, 0.1) is 0 Å². The van der Waals surface area contributed by atoms with E-state index in [0.717, 1.165) is 24.6 Å². The molecule has 1 aromatic rings. The molecule has 106 valence electrons. The minimum Gasteiger partial charge on any atom is -0.352 e. The third kappa shape index (κ3) is 3.86. The fourth-order valence-electron chi connectivity index (χ4n) is 2.29.